The summed E-state index contributed by atoms with van der Waals surface area (Å²) in [6, 6.07) is 12.5. The zero-order chi connectivity index (χ0) is 16.7. The highest BCUT2D eigenvalue weighted by molar-refractivity contribution is 7.88. The van der Waals surface area contributed by atoms with Crippen molar-refractivity contribution in [3.8, 4) is 0 Å². The highest BCUT2D eigenvalue weighted by Crippen LogP contribution is 2.09. The maximum absolute atomic E-state index is 11.9. The molecular weight excluding hydrogens is 314 g/mol. The van der Waals surface area contributed by atoms with Crippen LogP contribution in [0.25, 0.3) is 0 Å². The zero-order valence-electron chi connectivity index (χ0n) is 12.8. The molecule has 0 aliphatic heterocycles. The van der Waals surface area contributed by atoms with Crippen molar-refractivity contribution in [1.29, 1.82) is 0 Å². The molecule has 0 unspecified atom stereocenters. The number of hydrogen-bond acceptors (Lipinski definition) is 4. The number of rotatable bonds is 7. The summed E-state index contributed by atoms with van der Waals surface area (Å²) in [7, 11) is -3.46. The van der Waals surface area contributed by atoms with Crippen LogP contribution in [0.4, 0.5) is 5.82 Å². The fraction of sp³-hybridized carbons (Fsp3) is 0.250. The Kier molecular flexibility index (Phi) is 5.84. The third-order valence-corrected chi connectivity index (χ3v) is 4.50. The van der Waals surface area contributed by atoms with Crippen molar-refractivity contribution in [1.82, 2.24) is 9.71 Å². The van der Waals surface area contributed by atoms with Crippen molar-refractivity contribution in [3.63, 3.8) is 0 Å². The minimum absolute atomic E-state index is 0.0457. The van der Waals surface area contributed by atoms with E-state index < -0.39 is 10.0 Å². The first-order chi connectivity index (χ1) is 11.0. The van der Waals surface area contributed by atoms with E-state index in [9.17, 15) is 13.2 Å². The third kappa shape index (κ3) is 5.80. The van der Waals surface area contributed by atoms with Gasteiger partial charge in [-0.25, -0.2) is 18.1 Å². The Morgan fingerprint density at radius 1 is 1.13 bits per heavy atom. The molecule has 1 heterocycles. The number of nitrogens with zero attached hydrogens (tertiary/aromatic N) is 1. The van der Waals surface area contributed by atoms with E-state index in [1.54, 1.807) is 36.5 Å². The van der Waals surface area contributed by atoms with E-state index in [1.165, 1.54) is 0 Å². The van der Waals surface area contributed by atoms with E-state index in [1.807, 2.05) is 19.1 Å². The molecule has 0 saturated heterocycles. The molecular formula is C16H19N3O3S. The molecule has 0 aliphatic rings. The van der Waals surface area contributed by atoms with Crippen LogP contribution >= 0.6 is 0 Å². The number of carbonyl (C=O) groups is 1. The average Bonchev–Trinajstić information content (AvgIpc) is 2.50. The summed E-state index contributed by atoms with van der Waals surface area (Å²) in [5.74, 6) is 0.105. The molecule has 0 spiro atoms. The number of benzene rings is 1. The Bertz CT molecular complexity index is 761. The van der Waals surface area contributed by atoms with Crippen molar-refractivity contribution in [2.75, 3.05) is 11.9 Å². The first kappa shape index (κ1) is 17.1. The van der Waals surface area contributed by atoms with Crippen molar-refractivity contribution in [2.24, 2.45) is 0 Å². The van der Waals surface area contributed by atoms with Gasteiger partial charge in [0.1, 0.15) is 5.82 Å². The molecule has 2 N–H and O–H groups in total. The lowest BCUT2D eigenvalue weighted by Crippen LogP contribution is -2.29. The van der Waals surface area contributed by atoms with Gasteiger partial charge in [-0.2, -0.15) is 0 Å². The monoisotopic (exact) mass is 333 g/mol. The van der Waals surface area contributed by atoms with Crippen molar-refractivity contribution in [2.45, 2.75) is 19.1 Å². The molecule has 122 valence electrons. The molecule has 0 radical (unpaired) electrons. The van der Waals surface area contributed by atoms with Gasteiger partial charge in [-0.3, -0.25) is 4.79 Å². The second-order valence-corrected chi connectivity index (χ2v) is 6.91. The minimum Gasteiger partial charge on any atom is -0.310 e. The van der Waals surface area contributed by atoms with Crippen LogP contribution in [-0.2, 0) is 20.6 Å². The maximum atomic E-state index is 11.9. The molecule has 1 amide bonds. The first-order valence-corrected chi connectivity index (χ1v) is 8.84. The molecule has 1 aromatic carbocycles. The Hall–Kier alpha value is -2.25. The zero-order valence-corrected chi connectivity index (χ0v) is 13.6. The topological polar surface area (TPSA) is 88.2 Å². The number of anilines is 1. The van der Waals surface area contributed by atoms with Gasteiger partial charge in [0.2, 0.25) is 15.9 Å². The van der Waals surface area contributed by atoms with Crippen LogP contribution in [0.1, 0.15) is 17.5 Å². The smallest absolute Gasteiger partial charge is 0.226 e. The SMILES string of the molecule is Cc1cccnc1NC(=O)CCNS(=O)(=O)Cc1ccccc1. The number of sulfonamides is 1. The summed E-state index contributed by atoms with van der Waals surface area (Å²) in [4.78, 5) is 15.9. The molecule has 2 rings (SSSR count). The molecule has 6 nitrogen and oxygen atoms in total. The van der Waals surface area contributed by atoms with Crippen LogP contribution in [0.15, 0.2) is 48.7 Å². The standard InChI is InChI=1S/C16H19N3O3S/c1-13-6-5-10-17-16(13)19-15(20)9-11-18-23(21,22)12-14-7-3-2-4-8-14/h2-8,10,18H,9,11-12H2,1H3,(H,17,19,20). The van der Waals surface area contributed by atoms with Gasteiger partial charge < -0.3 is 5.32 Å². The fourth-order valence-electron chi connectivity index (χ4n) is 1.98. The van der Waals surface area contributed by atoms with E-state index >= 15 is 0 Å². The van der Waals surface area contributed by atoms with E-state index in [0.29, 0.717) is 11.4 Å². The molecule has 23 heavy (non-hydrogen) atoms. The summed E-state index contributed by atoms with van der Waals surface area (Å²) in [5, 5.41) is 2.66. The number of nitrogens with one attached hydrogen (secondary N) is 2. The quantitative estimate of drug-likeness (QED) is 0.809. The van der Waals surface area contributed by atoms with Gasteiger partial charge in [0.25, 0.3) is 0 Å². The van der Waals surface area contributed by atoms with Gasteiger partial charge >= 0.3 is 0 Å². The molecule has 7 heteroatoms. The van der Waals surface area contributed by atoms with Gasteiger partial charge in [0, 0.05) is 19.2 Å². The third-order valence-electron chi connectivity index (χ3n) is 3.14. The van der Waals surface area contributed by atoms with E-state index in [4.69, 9.17) is 0 Å². The lowest BCUT2D eigenvalue weighted by Gasteiger charge is -2.08. The average molecular weight is 333 g/mol. The van der Waals surface area contributed by atoms with Crippen LogP contribution in [0.2, 0.25) is 0 Å². The molecule has 0 bridgehead atoms. The van der Waals surface area contributed by atoms with Crippen LogP contribution in [0.3, 0.4) is 0 Å². The molecule has 0 saturated carbocycles. The minimum atomic E-state index is -3.46. The Morgan fingerprint density at radius 2 is 1.87 bits per heavy atom. The van der Waals surface area contributed by atoms with Gasteiger partial charge in [0.15, 0.2) is 0 Å². The summed E-state index contributed by atoms with van der Waals surface area (Å²) < 4.78 is 26.3. The van der Waals surface area contributed by atoms with Gasteiger partial charge in [-0.15, -0.1) is 0 Å². The van der Waals surface area contributed by atoms with Gasteiger partial charge in [0.05, 0.1) is 5.75 Å². The van der Waals surface area contributed by atoms with Crippen molar-refractivity contribution < 1.29 is 13.2 Å². The summed E-state index contributed by atoms with van der Waals surface area (Å²) in [6.45, 7) is 1.89. The van der Waals surface area contributed by atoms with Crippen molar-refractivity contribution >= 4 is 21.7 Å². The predicted molar refractivity (Wildman–Crippen MR) is 89.3 cm³/mol. The summed E-state index contributed by atoms with van der Waals surface area (Å²) >= 11 is 0. The summed E-state index contributed by atoms with van der Waals surface area (Å²) in [5.41, 5.74) is 1.55. The molecule has 1 aromatic heterocycles. The Balaban J connectivity index is 1.80. The lowest BCUT2D eigenvalue weighted by molar-refractivity contribution is -0.116. The number of carbonyl (C=O) groups excluding carboxylic acids is 1. The van der Waals surface area contributed by atoms with E-state index in [0.717, 1.165) is 5.56 Å². The van der Waals surface area contributed by atoms with Crippen LogP contribution in [0, 0.1) is 6.92 Å². The predicted octanol–water partition coefficient (Wildman–Crippen LogP) is 1.84. The summed E-state index contributed by atoms with van der Waals surface area (Å²) in [6.07, 6.45) is 1.63. The maximum Gasteiger partial charge on any atom is 0.226 e. The van der Waals surface area contributed by atoms with Crippen molar-refractivity contribution in [3.05, 3.63) is 59.8 Å². The molecule has 0 fully saturated rings. The van der Waals surface area contributed by atoms with E-state index in [2.05, 4.69) is 15.0 Å². The number of pyridine rings is 1. The Morgan fingerprint density at radius 3 is 2.57 bits per heavy atom. The van der Waals surface area contributed by atoms with Crippen LogP contribution in [0.5, 0.6) is 0 Å². The van der Waals surface area contributed by atoms with E-state index in [-0.39, 0.29) is 24.6 Å². The van der Waals surface area contributed by atoms with Gasteiger partial charge in [-0.05, 0) is 24.1 Å². The normalized spacial score (nSPS) is 11.2. The molecule has 0 aliphatic carbocycles. The van der Waals surface area contributed by atoms with Crippen LogP contribution < -0.4 is 10.0 Å². The second kappa shape index (κ2) is 7.85. The number of hydrogen-bond donors (Lipinski definition) is 2. The van der Waals surface area contributed by atoms with Crippen LogP contribution in [-0.4, -0.2) is 25.9 Å². The Labute approximate surface area is 136 Å². The molecule has 0 atom stereocenters. The highest BCUT2D eigenvalue weighted by Gasteiger charge is 2.12. The fourth-order valence-corrected chi connectivity index (χ4v) is 3.12. The largest absolute Gasteiger partial charge is 0.310 e. The first-order valence-electron chi connectivity index (χ1n) is 7.19. The van der Waals surface area contributed by atoms with Gasteiger partial charge in [-0.1, -0.05) is 36.4 Å². The number of aromatic nitrogens is 1. The highest BCUT2D eigenvalue weighted by atomic mass is 32.2. The second-order valence-electron chi connectivity index (χ2n) is 5.11. The number of amides is 1. The molecule has 2 aromatic rings. The number of aryl methyl sites for hydroxylation is 1. The lowest BCUT2D eigenvalue weighted by atomic mass is 10.2.